The number of aromatic nitrogens is 2. The van der Waals surface area contributed by atoms with Crippen LogP contribution in [0.4, 0.5) is 10.6 Å². The zero-order valence-electron chi connectivity index (χ0n) is 10.8. The number of hydrogen-bond donors (Lipinski definition) is 1. The fourth-order valence-electron chi connectivity index (χ4n) is 1.79. The van der Waals surface area contributed by atoms with Crippen molar-refractivity contribution in [3.8, 4) is 11.8 Å². The van der Waals surface area contributed by atoms with Crippen molar-refractivity contribution in [1.82, 2.24) is 15.3 Å². The van der Waals surface area contributed by atoms with E-state index >= 15 is 0 Å². The average Bonchev–Trinajstić information content (AvgIpc) is 2.73. The van der Waals surface area contributed by atoms with Crippen LogP contribution in [0, 0.1) is 0 Å². The van der Waals surface area contributed by atoms with Crippen LogP contribution >= 0.6 is 0 Å². The molecule has 1 aromatic carbocycles. The van der Waals surface area contributed by atoms with Crippen LogP contribution in [0.1, 0.15) is 0 Å². The van der Waals surface area contributed by atoms with Gasteiger partial charge in [-0.15, -0.1) is 0 Å². The Hall–Kier alpha value is -3.22. The molecule has 3 rings (SSSR count). The molecule has 1 aromatic heterocycles. The van der Waals surface area contributed by atoms with Crippen molar-refractivity contribution in [2.24, 2.45) is 0 Å². The van der Waals surface area contributed by atoms with Gasteiger partial charge in [0.15, 0.2) is 0 Å². The fourth-order valence-corrected chi connectivity index (χ4v) is 1.79. The van der Waals surface area contributed by atoms with E-state index in [0.29, 0.717) is 5.75 Å². The molecule has 0 saturated carbocycles. The van der Waals surface area contributed by atoms with E-state index in [2.05, 4.69) is 21.9 Å². The molecular formula is C14H10N4O3. The minimum Gasteiger partial charge on any atom is -0.424 e. The summed E-state index contributed by atoms with van der Waals surface area (Å²) >= 11 is 0. The second kappa shape index (κ2) is 5.04. The van der Waals surface area contributed by atoms with Crippen molar-refractivity contribution in [2.45, 2.75) is 0 Å². The van der Waals surface area contributed by atoms with Crippen molar-refractivity contribution in [2.75, 3.05) is 4.90 Å². The molecule has 0 unspecified atom stereocenters. The number of ether oxygens (including phenoxy) is 1. The molecule has 2 aromatic rings. The Morgan fingerprint density at radius 1 is 1.14 bits per heavy atom. The number of benzene rings is 1. The summed E-state index contributed by atoms with van der Waals surface area (Å²) in [6.07, 6.45) is 1.43. The van der Waals surface area contributed by atoms with Gasteiger partial charge in [-0.05, 0) is 12.1 Å². The highest BCUT2D eigenvalue weighted by Crippen LogP contribution is 2.23. The van der Waals surface area contributed by atoms with Crippen LogP contribution in [-0.4, -0.2) is 21.9 Å². The summed E-state index contributed by atoms with van der Waals surface area (Å²) in [6.45, 7) is 3.55. The van der Waals surface area contributed by atoms with E-state index in [1.54, 1.807) is 12.1 Å². The molecule has 7 heteroatoms. The normalized spacial score (nSPS) is 14.3. The number of carbonyl (C=O) groups excluding carboxylic acids is 2. The van der Waals surface area contributed by atoms with Gasteiger partial charge in [0, 0.05) is 12.3 Å². The molecule has 1 fully saturated rings. The summed E-state index contributed by atoms with van der Waals surface area (Å²) in [5.41, 5.74) is 0.00404. The van der Waals surface area contributed by atoms with Gasteiger partial charge in [-0.1, -0.05) is 24.8 Å². The molecule has 2 heterocycles. The molecule has 1 aliphatic rings. The third kappa shape index (κ3) is 2.44. The number of urea groups is 1. The van der Waals surface area contributed by atoms with Gasteiger partial charge in [-0.25, -0.2) is 14.7 Å². The number of nitrogens with one attached hydrogen (secondary N) is 1. The van der Waals surface area contributed by atoms with Crippen LogP contribution < -0.4 is 15.0 Å². The topological polar surface area (TPSA) is 84.4 Å². The Morgan fingerprint density at radius 2 is 1.90 bits per heavy atom. The number of amides is 3. The van der Waals surface area contributed by atoms with Crippen molar-refractivity contribution >= 4 is 17.8 Å². The summed E-state index contributed by atoms with van der Waals surface area (Å²) in [5, 5.41) is 2.13. The van der Waals surface area contributed by atoms with Gasteiger partial charge in [0.05, 0.1) is 0 Å². The van der Waals surface area contributed by atoms with E-state index in [1.165, 1.54) is 12.3 Å². The fraction of sp³-hybridized carbons (Fsp3) is 0. The smallest absolute Gasteiger partial charge is 0.334 e. The lowest BCUT2D eigenvalue weighted by atomic mass is 10.3. The number of carbonyl (C=O) groups is 2. The lowest BCUT2D eigenvalue weighted by molar-refractivity contribution is -0.115. The van der Waals surface area contributed by atoms with Crippen LogP contribution in [-0.2, 0) is 4.79 Å². The Bertz CT molecular complexity index is 730. The van der Waals surface area contributed by atoms with E-state index in [9.17, 15) is 9.59 Å². The average molecular weight is 282 g/mol. The number of rotatable bonds is 3. The highest BCUT2D eigenvalue weighted by atomic mass is 16.5. The van der Waals surface area contributed by atoms with E-state index in [-0.39, 0.29) is 17.5 Å². The molecular weight excluding hydrogens is 272 g/mol. The summed E-state index contributed by atoms with van der Waals surface area (Å²) in [7, 11) is 0. The monoisotopic (exact) mass is 282 g/mol. The van der Waals surface area contributed by atoms with Crippen molar-refractivity contribution in [3.63, 3.8) is 0 Å². The van der Waals surface area contributed by atoms with Crippen LogP contribution in [0.2, 0.25) is 0 Å². The second-order valence-electron chi connectivity index (χ2n) is 4.15. The molecule has 0 radical (unpaired) electrons. The highest BCUT2D eigenvalue weighted by Gasteiger charge is 2.33. The van der Waals surface area contributed by atoms with E-state index in [1.807, 2.05) is 18.2 Å². The number of para-hydroxylation sites is 1. The number of hydrogen-bond acceptors (Lipinski definition) is 5. The first kappa shape index (κ1) is 12.8. The first-order valence-electron chi connectivity index (χ1n) is 6.05. The first-order valence-corrected chi connectivity index (χ1v) is 6.05. The number of imide groups is 1. The molecule has 0 aliphatic carbocycles. The van der Waals surface area contributed by atoms with Gasteiger partial charge in [-0.2, -0.15) is 4.98 Å². The molecule has 1 N–H and O–H groups in total. The maximum atomic E-state index is 11.7. The highest BCUT2D eigenvalue weighted by molar-refractivity contribution is 6.20. The second-order valence-corrected chi connectivity index (χ2v) is 4.15. The Balaban J connectivity index is 1.89. The Morgan fingerprint density at radius 3 is 2.57 bits per heavy atom. The van der Waals surface area contributed by atoms with E-state index < -0.39 is 11.9 Å². The predicted molar refractivity (Wildman–Crippen MR) is 73.7 cm³/mol. The third-order valence-corrected chi connectivity index (χ3v) is 2.76. The van der Waals surface area contributed by atoms with Gasteiger partial charge >= 0.3 is 12.0 Å². The van der Waals surface area contributed by atoms with Crippen molar-refractivity contribution in [3.05, 3.63) is 54.9 Å². The summed E-state index contributed by atoms with van der Waals surface area (Å²) in [5.74, 6) is 0.226. The molecule has 3 amide bonds. The molecule has 1 aliphatic heterocycles. The minimum absolute atomic E-state index is 0.00404. The quantitative estimate of drug-likeness (QED) is 0.686. The number of nitrogens with zero attached hydrogens (tertiary/aromatic N) is 3. The lowest BCUT2D eigenvalue weighted by Crippen LogP contribution is -2.28. The lowest BCUT2D eigenvalue weighted by Gasteiger charge is -2.13. The van der Waals surface area contributed by atoms with E-state index in [0.717, 1.165) is 4.90 Å². The Labute approximate surface area is 119 Å². The molecule has 0 spiro atoms. The van der Waals surface area contributed by atoms with Gasteiger partial charge < -0.3 is 4.74 Å². The standard InChI is InChI=1S/C14H10N4O3/c1-9-12(19)17-14(20)18(9)11-7-8-15-13(16-11)21-10-5-3-2-4-6-10/h2-8H,1H2,(H,17,19,20). The van der Waals surface area contributed by atoms with Crippen molar-refractivity contribution < 1.29 is 14.3 Å². The van der Waals surface area contributed by atoms with Gasteiger partial charge in [0.25, 0.3) is 5.91 Å². The maximum Gasteiger partial charge on any atom is 0.334 e. The zero-order valence-corrected chi connectivity index (χ0v) is 10.8. The van der Waals surface area contributed by atoms with Crippen LogP contribution in [0.25, 0.3) is 0 Å². The summed E-state index contributed by atoms with van der Waals surface area (Å²) in [4.78, 5) is 32.2. The third-order valence-electron chi connectivity index (χ3n) is 2.76. The minimum atomic E-state index is -0.602. The molecule has 7 nitrogen and oxygen atoms in total. The van der Waals surface area contributed by atoms with Crippen LogP contribution in [0.3, 0.4) is 0 Å². The molecule has 1 saturated heterocycles. The summed E-state index contributed by atoms with van der Waals surface area (Å²) in [6, 6.07) is 9.94. The molecule has 21 heavy (non-hydrogen) atoms. The molecule has 0 atom stereocenters. The summed E-state index contributed by atoms with van der Waals surface area (Å²) < 4.78 is 5.48. The Kier molecular flexibility index (Phi) is 3.07. The SMILES string of the molecule is C=C1C(=O)NC(=O)N1c1ccnc(Oc2ccccc2)n1. The maximum absolute atomic E-state index is 11.7. The molecule has 104 valence electrons. The van der Waals surface area contributed by atoms with Crippen molar-refractivity contribution in [1.29, 1.82) is 0 Å². The van der Waals surface area contributed by atoms with Gasteiger partial charge in [-0.3, -0.25) is 10.1 Å². The van der Waals surface area contributed by atoms with E-state index in [4.69, 9.17) is 4.74 Å². The first-order chi connectivity index (χ1) is 10.1. The largest absolute Gasteiger partial charge is 0.424 e. The van der Waals surface area contributed by atoms with Gasteiger partial charge in [0.2, 0.25) is 0 Å². The van der Waals surface area contributed by atoms with Crippen LogP contribution in [0.5, 0.6) is 11.8 Å². The molecule has 0 bridgehead atoms. The van der Waals surface area contributed by atoms with Gasteiger partial charge in [0.1, 0.15) is 17.3 Å². The number of anilines is 1. The predicted octanol–water partition coefficient (Wildman–Crippen LogP) is 1.84. The zero-order chi connectivity index (χ0) is 14.8. The van der Waals surface area contributed by atoms with Crippen LogP contribution in [0.15, 0.2) is 54.9 Å².